The van der Waals surface area contributed by atoms with Crippen molar-refractivity contribution in [3.05, 3.63) is 90.3 Å². The van der Waals surface area contributed by atoms with Gasteiger partial charge in [-0.05, 0) is 86.3 Å². The van der Waals surface area contributed by atoms with Crippen LogP contribution in [0.1, 0.15) is 11.4 Å². The van der Waals surface area contributed by atoms with E-state index in [1.165, 1.54) is 29.8 Å². The van der Waals surface area contributed by atoms with Crippen molar-refractivity contribution in [3.8, 4) is 0 Å². The average Bonchev–Trinajstić information content (AvgIpc) is 2.82. The van der Waals surface area contributed by atoms with Crippen LogP contribution in [0.4, 0.5) is 52.4 Å². The molecule has 1 heterocycles. The minimum absolute atomic E-state index is 0.0403. The lowest BCUT2D eigenvalue weighted by atomic mass is 10.2. The lowest BCUT2D eigenvalue weighted by Gasteiger charge is -2.12. The summed E-state index contributed by atoms with van der Waals surface area (Å²) in [6.45, 7) is 3.83. The summed E-state index contributed by atoms with van der Waals surface area (Å²) in [6.07, 6.45) is 0. The van der Waals surface area contributed by atoms with E-state index in [0.29, 0.717) is 28.8 Å². The van der Waals surface area contributed by atoms with Crippen LogP contribution in [0.15, 0.2) is 83.8 Å². The van der Waals surface area contributed by atoms with Gasteiger partial charge in [0.05, 0.1) is 0 Å². The predicted octanol–water partition coefficient (Wildman–Crippen LogP) is 7.84. The maximum atomic E-state index is 12.4. The Morgan fingerprint density at radius 3 is 1.62 bits per heavy atom. The third-order valence-electron chi connectivity index (χ3n) is 4.92. The van der Waals surface area contributed by atoms with E-state index in [2.05, 4.69) is 31.2 Å². The summed E-state index contributed by atoms with van der Waals surface area (Å²) in [7, 11) is 0. The molecule has 190 valence electrons. The van der Waals surface area contributed by atoms with Crippen LogP contribution < -0.4 is 21.3 Å². The van der Waals surface area contributed by atoms with Gasteiger partial charge in [-0.25, -0.2) is 14.8 Å². The van der Waals surface area contributed by atoms with Crippen LogP contribution in [-0.4, -0.2) is 21.5 Å². The second-order valence-corrected chi connectivity index (χ2v) is 9.17. The molecule has 0 saturated carbocycles. The number of hydrogen-bond donors (Lipinski definition) is 4. The quantitative estimate of drug-likeness (QED) is 0.184. The number of carbonyl (C=O) groups is 1. The lowest BCUT2D eigenvalue weighted by Crippen LogP contribution is -2.19. The number of hydrogen-bond acceptors (Lipinski definition) is 6. The monoisotopic (exact) mass is 524 g/mol. The van der Waals surface area contributed by atoms with Gasteiger partial charge in [-0.3, -0.25) is 0 Å². The fourth-order valence-corrected chi connectivity index (χ4v) is 3.84. The normalized spacial score (nSPS) is 11.1. The van der Waals surface area contributed by atoms with Crippen molar-refractivity contribution >= 4 is 52.2 Å². The van der Waals surface area contributed by atoms with Crippen LogP contribution in [0.3, 0.4) is 0 Å². The van der Waals surface area contributed by atoms with Gasteiger partial charge in [0, 0.05) is 33.7 Å². The van der Waals surface area contributed by atoms with Crippen molar-refractivity contribution in [2.24, 2.45) is 0 Å². The minimum atomic E-state index is -4.36. The number of thioether (sulfide) groups is 1. The number of anilines is 6. The number of amides is 2. The average molecular weight is 525 g/mol. The lowest BCUT2D eigenvalue weighted by molar-refractivity contribution is -0.0328. The molecule has 0 saturated heterocycles. The summed E-state index contributed by atoms with van der Waals surface area (Å²) in [5.74, 6) is 1.85. The number of halogens is 3. The Hall–Kier alpha value is -4.25. The van der Waals surface area contributed by atoms with Crippen molar-refractivity contribution < 1.29 is 18.0 Å². The molecule has 0 aliphatic carbocycles. The van der Waals surface area contributed by atoms with Crippen LogP contribution in [0.25, 0.3) is 0 Å². The molecule has 0 radical (unpaired) electrons. The van der Waals surface area contributed by atoms with Crippen LogP contribution in [0.2, 0.25) is 0 Å². The summed E-state index contributed by atoms with van der Waals surface area (Å²) in [6, 6.07) is 21.7. The van der Waals surface area contributed by atoms with Crippen LogP contribution in [0.5, 0.6) is 0 Å². The Morgan fingerprint density at radius 1 is 0.703 bits per heavy atom. The summed E-state index contributed by atoms with van der Waals surface area (Å²) in [5.41, 5.74) is -0.618. The van der Waals surface area contributed by atoms with E-state index in [4.69, 9.17) is 0 Å². The van der Waals surface area contributed by atoms with Gasteiger partial charge >= 0.3 is 11.5 Å². The molecule has 0 aliphatic heterocycles. The molecule has 2 amide bonds. The second kappa shape index (κ2) is 11.2. The first-order valence-corrected chi connectivity index (χ1v) is 11.9. The molecule has 1 aromatic heterocycles. The number of alkyl halides is 3. The number of carbonyl (C=O) groups excluding carboxylic acids is 1. The maximum absolute atomic E-state index is 12.4. The van der Waals surface area contributed by atoms with Crippen LogP contribution >= 0.6 is 11.8 Å². The van der Waals surface area contributed by atoms with Gasteiger partial charge in [-0.2, -0.15) is 13.2 Å². The summed E-state index contributed by atoms with van der Waals surface area (Å²) >= 11 is -0.211. The standard InChI is InChI=1S/C26H23F3N6OS/c1-16-3-5-18(6-4-16)32-23-15-24(31-17(2)30-23)33-19-7-9-20(10-8-19)34-25(36)35-21-11-13-22(14-12-21)37-26(27,28)29/h3-15H,1-2H3,(H2,34,35,36)(H2,30,31,32,33). The second-order valence-electron chi connectivity index (χ2n) is 8.03. The highest BCUT2D eigenvalue weighted by molar-refractivity contribution is 8.00. The molecule has 0 spiro atoms. The van der Waals surface area contributed by atoms with Crippen LogP contribution in [-0.2, 0) is 0 Å². The molecule has 0 aliphatic rings. The smallest absolute Gasteiger partial charge is 0.340 e. The zero-order valence-corrected chi connectivity index (χ0v) is 20.7. The van der Waals surface area contributed by atoms with E-state index in [-0.39, 0.29) is 16.7 Å². The molecule has 0 bridgehead atoms. The van der Waals surface area contributed by atoms with Crippen molar-refractivity contribution in [2.45, 2.75) is 24.3 Å². The van der Waals surface area contributed by atoms with Gasteiger partial charge in [0.15, 0.2) is 0 Å². The van der Waals surface area contributed by atoms with E-state index in [1.807, 2.05) is 31.2 Å². The molecule has 0 unspecified atom stereocenters. The van der Waals surface area contributed by atoms with Crippen LogP contribution in [0, 0.1) is 13.8 Å². The zero-order valence-electron chi connectivity index (χ0n) is 19.9. The molecule has 0 fully saturated rings. The Bertz CT molecular complexity index is 1360. The van der Waals surface area contributed by atoms with Gasteiger partial charge in [-0.15, -0.1) is 0 Å². The third kappa shape index (κ3) is 8.14. The number of rotatable bonds is 7. The first-order valence-electron chi connectivity index (χ1n) is 11.1. The molecule has 4 aromatic rings. The first kappa shape index (κ1) is 25.8. The fraction of sp³-hybridized carbons (Fsp3) is 0.115. The van der Waals surface area contributed by atoms with Gasteiger partial charge in [-0.1, -0.05) is 17.7 Å². The van der Waals surface area contributed by atoms with E-state index in [0.717, 1.165) is 11.4 Å². The van der Waals surface area contributed by atoms with E-state index in [9.17, 15) is 18.0 Å². The molecule has 37 heavy (non-hydrogen) atoms. The molecule has 4 N–H and O–H groups in total. The number of aromatic nitrogens is 2. The largest absolute Gasteiger partial charge is 0.446 e. The molecule has 3 aromatic carbocycles. The van der Waals surface area contributed by atoms with Crippen molar-refractivity contribution in [2.75, 3.05) is 21.3 Å². The van der Waals surface area contributed by atoms with Gasteiger partial charge < -0.3 is 21.3 Å². The Morgan fingerprint density at radius 2 is 1.14 bits per heavy atom. The number of aryl methyl sites for hydroxylation is 2. The highest BCUT2D eigenvalue weighted by Gasteiger charge is 2.29. The summed E-state index contributed by atoms with van der Waals surface area (Å²) in [4.78, 5) is 21.2. The summed E-state index contributed by atoms with van der Waals surface area (Å²) in [5, 5.41) is 11.8. The van der Waals surface area contributed by atoms with E-state index >= 15 is 0 Å². The van der Waals surface area contributed by atoms with Crippen molar-refractivity contribution in [1.82, 2.24) is 9.97 Å². The topological polar surface area (TPSA) is 91.0 Å². The molecule has 7 nitrogen and oxygen atoms in total. The summed E-state index contributed by atoms with van der Waals surface area (Å²) < 4.78 is 37.3. The minimum Gasteiger partial charge on any atom is -0.340 e. The third-order valence-corrected chi connectivity index (χ3v) is 5.66. The molecular formula is C26H23F3N6OS. The Kier molecular flexibility index (Phi) is 7.83. The van der Waals surface area contributed by atoms with E-state index < -0.39 is 11.5 Å². The van der Waals surface area contributed by atoms with Gasteiger partial charge in [0.2, 0.25) is 0 Å². The zero-order chi connectivity index (χ0) is 26.4. The Balaban J connectivity index is 1.33. The fourth-order valence-electron chi connectivity index (χ4n) is 3.30. The number of benzene rings is 3. The highest BCUT2D eigenvalue weighted by atomic mass is 32.2. The van der Waals surface area contributed by atoms with Crippen molar-refractivity contribution in [3.63, 3.8) is 0 Å². The van der Waals surface area contributed by atoms with Gasteiger partial charge in [0.1, 0.15) is 17.5 Å². The molecule has 11 heteroatoms. The molecule has 4 rings (SSSR count). The molecule has 0 atom stereocenters. The SMILES string of the molecule is Cc1ccc(Nc2cc(Nc3ccc(NC(=O)Nc4ccc(SC(F)(F)F)cc4)cc3)nc(C)n2)cc1. The maximum Gasteiger partial charge on any atom is 0.446 e. The number of nitrogens with zero attached hydrogens (tertiary/aromatic N) is 2. The van der Waals surface area contributed by atoms with Crippen molar-refractivity contribution in [1.29, 1.82) is 0 Å². The highest BCUT2D eigenvalue weighted by Crippen LogP contribution is 2.37. The predicted molar refractivity (Wildman–Crippen MR) is 142 cm³/mol. The van der Waals surface area contributed by atoms with Gasteiger partial charge in [0.25, 0.3) is 0 Å². The number of nitrogens with one attached hydrogen (secondary N) is 4. The van der Waals surface area contributed by atoms with E-state index in [1.54, 1.807) is 37.3 Å². The number of urea groups is 1. The Labute approximate surface area is 215 Å². The first-order chi connectivity index (χ1) is 17.6. The molecular weight excluding hydrogens is 501 g/mol.